The molecule has 1 atom stereocenters. The van der Waals surface area contributed by atoms with Crippen molar-refractivity contribution < 1.29 is 13.9 Å². The van der Waals surface area contributed by atoms with Crippen molar-refractivity contribution >= 4 is 5.91 Å². The van der Waals surface area contributed by atoms with Crippen LogP contribution in [0.2, 0.25) is 0 Å². The molecule has 27 heavy (non-hydrogen) atoms. The van der Waals surface area contributed by atoms with Gasteiger partial charge in [-0.25, -0.2) is 9.37 Å². The monoisotopic (exact) mass is 373 g/mol. The lowest BCUT2D eigenvalue weighted by molar-refractivity contribution is -0.127. The van der Waals surface area contributed by atoms with E-state index in [0.717, 1.165) is 18.5 Å². The van der Waals surface area contributed by atoms with Crippen LogP contribution < -0.4 is 15.6 Å². The molecule has 1 aliphatic rings. The predicted octanol–water partition coefficient (Wildman–Crippen LogP) is 2.62. The number of amides is 1. The van der Waals surface area contributed by atoms with Gasteiger partial charge in [-0.05, 0) is 44.0 Å². The summed E-state index contributed by atoms with van der Waals surface area (Å²) in [5.74, 6) is 0.152. The average Bonchev–Trinajstić information content (AvgIpc) is 3.19. The third-order valence-corrected chi connectivity index (χ3v) is 4.82. The van der Waals surface area contributed by atoms with Gasteiger partial charge in [0.1, 0.15) is 11.6 Å². The second kappa shape index (κ2) is 8.79. The zero-order valence-electron chi connectivity index (χ0n) is 15.4. The van der Waals surface area contributed by atoms with Crippen molar-refractivity contribution in [2.24, 2.45) is 0 Å². The van der Waals surface area contributed by atoms with Gasteiger partial charge in [0.05, 0.1) is 12.0 Å². The van der Waals surface area contributed by atoms with E-state index in [0.29, 0.717) is 24.8 Å². The number of nitrogens with one attached hydrogen (secondary N) is 1. The third-order valence-electron chi connectivity index (χ3n) is 4.82. The van der Waals surface area contributed by atoms with Crippen molar-refractivity contribution in [1.29, 1.82) is 0 Å². The smallest absolute Gasteiger partial charge is 0.260 e. The van der Waals surface area contributed by atoms with Gasteiger partial charge in [-0.3, -0.25) is 14.2 Å². The van der Waals surface area contributed by atoms with Crippen LogP contribution in [-0.4, -0.2) is 28.1 Å². The highest BCUT2D eigenvalue weighted by atomic mass is 19.1. The van der Waals surface area contributed by atoms with Crippen LogP contribution in [0.3, 0.4) is 0 Å². The summed E-state index contributed by atoms with van der Waals surface area (Å²) in [6.07, 6.45) is 5.41. The molecule has 0 saturated heterocycles. The van der Waals surface area contributed by atoms with E-state index in [-0.39, 0.29) is 17.3 Å². The molecule has 0 radical (unpaired) electrons. The van der Waals surface area contributed by atoms with Gasteiger partial charge in [0.15, 0.2) is 6.10 Å². The number of hydrogen-bond acceptors (Lipinski definition) is 4. The minimum absolute atomic E-state index is 0.100. The molecule has 7 heteroatoms. The lowest BCUT2D eigenvalue weighted by atomic mass is 10.0. The zero-order chi connectivity index (χ0) is 19.2. The largest absolute Gasteiger partial charge is 0.481 e. The summed E-state index contributed by atoms with van der Waals surface area (Å²) in [6.45, 7) is 2.24. The molecular formula is C20H24FN3O3. The normalized spacial score (nSPS) is 15.5. The van der Waals surface area contributed by atoms with Gasteiger partial charge in [0.2, 0.25) is 0 Å². The first-order valence-electron chi connectivity index (χ1n) is 9.29. The van der Waals surface area contributed by atoms with Gasteiger partial charge in [0.25, 0.3) is 11.5 Å². The number of hydrogen-bond donors (Lipinski definition) is 1. The number of ether oxygens (including phenoxy) is 1. The lowest BCUT2D eigenvalue weighted by Crippen LogP contribution is -2.38. The second-order valence-electron chi connectivity index (χ2n) is 6.83. The maximum atomic E-state index is 12.9. The molecule has 1 heterocycles. The molecule has 1 amide bonds. The van der Waals surface area contributed by atoms with Gasteiger partial charge >= 0.3 is 0 Å². The van der Waals surface area contributed by atoms with Gasteiger partial charge in [-0.1, -0.05) is 12.8 Å². The maximum Gasteiger partial charge on any atom is 0.260 e. The van der Waals surface area contributed by atoms with E-state index in [2.05, 4.69) is 10.3 Å². The Morgan fingerprint density at radius 1 is 1.33 bits per heavy atom. The highest BCUT2D eigenvalue weighted by Gasteiger charge is 2.19. The van der Waals surface area contributed by atoms with E-state index in [1.165, 1.54) is 41.7 Å². The molecular weight excluding hydrogens is 349 g/mol. The van der Waals surface area contributed by atoms with Crippen LogP contribution in [-0.2, 0) is 11.3 Å². The summed E-state index contributed by atoms with van der Waals surface area (Å²) >= 11 is 0. The van der Waals surface area contributed by atoms with Crippen LogP contribution in [0, 0.1) is 5.82 Å². The van der Waals surface area contributed by atoms with Crippen LogP contribution in [0.5, 0.6) is 5.75 Å². The van der Waals surface area contributed by atoms with Crippen LogP contribution in [0.1, 0.15) is 44.2 Å². The first-order valence-corrected chi connectivity index (χ1v) is 9.29. The SMILES string of the molecule is CC(Oc1ccc(F)cc1)C(=O)NCCn1cnc(C2CCCC2)cc1=O. The average molecular weight is 373 g/mol. The molecule has 1 fully saturated rings. The fourth-order valence-electron chi connectivity index (χ4n) is 3.27. The van der Waals surface area contributed by atoms with Crippen LogP contribution >= 0.6 is 0 Å². The fourth-order valence-corrected chi connectivity index (χ4v) is 3.27. The molecule has 1 saturated carbocycles. The van der Waals surface area contributed by atoms with Crippen LogP contribution in [0.25, 0.3) is 0 Å². The van der Waals surface area contributed by atoms with Gasteiger partial charge in [0, 0.05) is 25.1 Å². The van der Waals surface area contributed by atoms with Crippen molar-refractivity contribution in [2.75, 3.05) is 6.54 Å². The molecule has 0 bridgehead atoms. The van der Waals surface area contributed by atoms with Gasteiger partial charge in [-0.15, -0.1) is 0 Å². The van der Waals surface area contributed by atoms with Crippen LogP contribution in [0.4, 0.5) is 4.39 Å². The molecule has 0 spiro atoms. The zero-order valence-corrected chi connectivity index (χ0v) is 15.4. The number of carbonyl (C=O) groups excluding carboxylic acids is 1. The molecule has 1 aromatic carbocycles. The molecule has 1 N–H and O–H groups in total. The van der Waals surface area contributed by atoms with Crippen molar-refractivity contribution in [2.45, 2.75) is 51.2 Å². The van der Waals surface area contributed by atoms with Crippen LogP contribution in [0.15, 0.2) is 41.5 Å². The van der Waals surface area contributed by atoms with E-state index >= 15 is 0 Å². The molecule has 1 aliphatic carbocycles. The summed E-state index contributed by atoms with van der Waals surface area (Å²) in [6, 6.07) is 7.09. The predicted molar refractivity (Wildman–Crippen MR) is 99.2 cm³/mol. The van der Waals surface area contributed by atoms with E-state index in [9.17, 15) is 14.0 Å². The number of benzene rings is 1. The van der Waals surface area contributed by atoms with Gasteiger partial charge < -0.3 is 10.1 Å². The topological polar surface area (TPSA) is 73.2 Å². The summed E-state index contributed by atoms with van der Waals surface area (Å²) in [7, 11) is 0. The fraction of sp³-hybridized carbons (Fsp3) is 0.450. The minimum Gasteiger partial charge on any atom is -0.481 e. The number of aromatic nitrogens is 2. The Morgan fingerprint density at radius 3 is 2.70 bits per heavy atom. The Kier molecular flexibility index (Phi) is 6.21. The molecule has 1 aromatic heterocycles. The molecule has 6 nitrogen and oxygen atoms in total. The number of rotatable bonds is 7. The van der Waals surface area contributed by atoms with E-state index < -0.39 is 6.10 Å². The molecule has 1 unspecified atom stereocenters. The van der Waals surface area contributed by atoms with Crippen molar-refractivity contribution in [3.63, 3.8) is 0 Å². The minimum atomic E-state index is -0.727. The highest BCUT2D eigenvalue weighted by Crippen LogP contribution is 2.32. The number of carbonyl (C=O) groups is 1. The second-order valence-corrected chi connectivity index (χ2v) is 6.83. The van der Waals surface area contributed by atoms with Crippen molar-refractivity contribution in [3.8, 4) is 5.75 Å². The number of halogens is 1. The molecule has 3 rings (SSSR count). The Morgan fingerprint density at radius 2 is 2.04 bits per heavy atom. The molecule has 0 aliphatic heterocycles. The van der Waals surface area contributed by atoms with Crippen molar-refractivity contribution in [1.82, 2.24) is 14.9 Å². The third kappa shape index (κ3) is 5.15. The summed E-state index contributed by atoms with van der Waals surface area (Å²) < 4.78 is 19.8. The first kappa shape index (κ1) is 19.1. The lowest BCUT2D eigenvalue weighted by Gasteiger charge is -2.15. The van der Waals surface area contributed by atoms with Gasteiger partial charge in [-0.2, -0.15) is 0 Å². The van der Waals surface area contributed by atoms with E-state index in [4.69, 9.17) is 4.74 Å². The molecule has 2 aromatic rings. The van der Waals surface area contributed by atoms with Crippen molar-refractivity contribution in [3.05, 3.63) is 58.5 Å². The highest BCUT2D eigenvalue weighted by molar-refractivity contribution is 5.80. The Hall–Kier alpha value is -2.70. The quantitative estimate of drug-likeness (QED) is 0.810. The summed E-state index contributed by atoms with van der Waals surface area (Å²) in [5.41, 5.74) is 0.774. The maximum absolute atomic E-state index is 12.9. The summed E-state index contributed by atoms with van der Waals surface area (Å²) in [5, 5.41) is 2.73. The van der Waals surface area contributed by atoms with E-state index in [1.54, 1.807) is 19.3 Å². The Bertz CT molecular complexity index is 829. The molecule has 144 valence electrons. The Labute approximate surface area is 157 Å². The standard InChI is InChI=1S/C20H24FN3O3/c1-14(27-17-8-6-16(21)7-9-17)20(26)22-10-11-24-13-23-18(12-19(24)25)15-4-2-3-5-15/h6-9,12-15H,2-5,10-11H2,1H3,(H,22,26). The number of nitrogens with zero attached hydrogens (tertiary/aromatic N) is 2. The summed E-state index contributed by atoms with van der Waals surface area (Å²) in [4.78, 5) is 28.7. The van der Waals surface area contributed by atoms with E-state index in [1.807, 2.05) is 0 Å². The Balaban J connectivity index is 1.47. The first-order chi connectivity index (χ1) is 13.0.